The fourth-order valence-electron chi connectivity index (χ4n) is 1.94. The first kappa shape index (κ1) is 16.7. The average Bonchev–Trinajstić information content (AvgIpc) is 2.81. The van der Waals surface area contributed by atoms with Crippen LogP contribution >= 0.6 is 0 Å². The molecule has 0 fully saturated rings. The second-order valence-corrected chi connectivity index (χ2v) is 4.99. The molecule has 0 radical (unpaired) electrons. The van der Waals surface area contributed by atoms with E-state index < -0.39 is 29.6 Å². The largest absolute Gasteiger partial charge is 0.466 e. The summed E-state index contributed by atoms with van der Waals surface area (Å²) in [5.41, 5.74) is -0.118. The molecule has 1 aromatic carbocycles. The number of hydrogen-bond donors (Lipinski definition) is 1. The molecule has 0 aliphatic heterocycles. The summed E-state index contributed by atoms with van der Waals surface area (Å²) in [6.45, 7) is 4.59. The van der Waals surface area contributed by atoms with Gasteiger partial charge in [-0.25, -0.2) is 13.6 Å². The Labute approximate surface area is 131 Å². The Morgan fingerprint density at radius 1 is 1.22 bits per heavy atom. The highest BCUT2D eigenvalue weighted by atomic mass is 19.1. The lowest BCUT2D eigenvalue weighted by Gasteiger charge is -2.13. The third-order valence-corrected chi connectivity index (χ3v) is 3.10. The summed E-state index contributed by atoms with van der Waals surface area (Å²) >= 11 is 0. The van der Waals surface area contributed by atoms with E-state index in [-0.39, 0.29) is 11.3 Å². The molecule has 1 N–H and O–H groups in total. The predicted octanol–water partition coefficient (Wildman–Crippen LogP) is 3.36. The minimum Gasteiger partial charge on any atom is -0.466 e. The van der Waals surface area contributed by atoms with E-state index in [1.54, 1.807) is 13.8 Å². The predicted molar refractivity (Wildman–Crippen MR) is 78.0 cm³/mol. The molecule has 122 valence electrons. The van der Waals surface area contributed by atoms with Gasteiger partial charge in [0, 0.05) is 6.07 Å². The minimum absolute atomic E-state index is 0.207. The molecule has 1 unspecified atom stereocenters. The summed E-state index contributed by atoms with van der Waals surface area (Å²) in [5.74, 6) is -2.09. The first-order valence-electron chi connectivity index (χ1n) is 6.82. The fourth-order valence-corrected chi connectivity index (χ4v) is 1.94. The number of ether oxygens (including phenoxy) is 1. The number of carbonyl (C=O) groups is 2. The molecule has 1 aromatic heterocycles. The number of esters is 1. The van der Waals surface area contributed by atoms with Crippen LogP contribution in [0.1, 0.15) is 28.8 Å². The van der Waals surface area contributed by atoms with Gasteiger partial charge in [0.25, 0.3) is 5.91 Å². The lowest BCUT2D eigenvalue weighted by atomic mass is 10.2. The van der Waals surface area contributed by atoms with E-state index >= 15 is 0 Å². The number of carbonyl (C=O) groups excluding carboxylic acids is 2. The zero-order chi connectivity index (χ0) is 17.1. The number of halogens is 2. The Morgan fingerprint density at radius 3 is 2.52 bits per heavy atom. The Bertz CT molecular complexity index is 755. The van der Waals surface area contributed by atoms with Crippen molar-refractivity contribution in [1.82, 2.24) is 0 Å². The molecule has 0 saturated carbocycles. The number of aryl methyl sites for hydroxylation is 2. The second-order valence-electron chi connectivity index (χ2n) is 4.99. The fraction of sp³-hybridized carbons (Fsp3) is 0.250. The van der Waals surface area contributed by atoms with Crippen molar-refractivity contribution < 1.29 is 27.5 Å². The van der Waals surface area contributed by atoms with Crippen LogP contribution in [0, 0.1) is 25.5 Å². The third-order valence-electron chi connectivity index (χ3n) is 3.10. The van der Waals surface area contributed by atoms with Crippen molar-refractivity contribution in [2.75, 3.05) is 5.32 Å². The number of benzene rings is 1. The van der Waals surface area contributed by atoms with Gasteiger partial charge in [-0.15, -0.1) is 0 Å². The molecule has 5 nitrogen and oxygen atoms in total. The molecule has 0 aliphatic rings. The van der Waals surface area contributed by atoms with Gasteiger partial charge < -0.3 is 14.5 Å². The van der Waals surface area contributed by atoms with Gasteiger partial charge in [0.15, 0.2) is 6.10 Å². The highest BCUT2D eigenvalue weighted by Gasteiger charge is 2.22. The first-order chi connectivity index (χ1) is 10.8. The maximum absolute atomic E-state index is 13.5. The van der Waals surface area contributed by atoms with E-state index in [4.69, 9.17) is 9.15 Å². The normalized spacial score (nSPS) is 11.9. The minimum atomic E-state index is -1.19. The Hall–Kier alpha value is -2.70. The van der Waals surface area contributed by atoms with Crippen LogP contribution in [0.25, 0.3) is 0 Å². The molecule has 1 amide bonds. The summed E-state index contributed by atoms with van der Waals surface area (Å²) in [4.78, 5) is 23.9. The number of rotatable bonds is 4. The van der Waals surface area contributed by atoms with Crippen LogP contribution in [0.4, 0.5) is 14.5 Å². The van der Waals surface area contributed by atoms with E-state index in [2.05, 4.69) is 5.32 Å². The van der Waals surface area contributed by atoms with Crippen LogP contribution in [0.2, 0.25) is 0 Å². The second kappa shape index (κ2) is 6.60. The number of amides is 1. The number of anilines is 1. The molecule has 2 aromatic rings. The van der Waals surface area contributed by atoms with Crippen molar-refractivity contribution >= 4 is 17.6 Å². The standard InChI is InChI=1S/C16H15F2NO4/c1-8-6-12(9(2)22-8)16(21)23-10(3)15(20)19-14-7-11(17)4-5-13(14)18/h4-7,10H,1-3H3,(H,19,20). The molecule has 7 heteroatoms. The summed E-state index contributed by atoms with van der Waals surface area (Å²) < 4.78 is 36.8. The van der Waals surface area contributed by atoms with Gasteiger partial charge >= 0.3 is 5.97 Å². The number of nitrogens with one attached hydrogen (secondary N) is 1. The van der Waals surface area contributed by atoms with Gasteiger partial charge in [-0.2, -0.15) is 0 Å². The summed E-state index contributed by atoms with van der Waals surface area (Å²) in [5, 5.41) is 2.17. The van der Waals surface area contributed by atoms with Gasteiger partial charge in [-0.3, -0.25) is 4.79 Å². The van der Waals surface area contributed by atoms with Crippen LogP contribution in [-0.2, 0) is 9.53 Å². The highest BCUT2D eigenvalue weighted by molar-refractivity contribution is 5.97. The van der Waals surface area contributed by atoms with E-state index in [0.717, 1.165) is 18.2 Å². The quantitative estimate of drug-likeness (QED) is 0.876. The lowest BCUT2D eigenvalue weighted by molar-refractivity contribution is -0.123. The smallest absolute Gasteiger partial charge is 0.342 e. The average molecular weight is 323 g/mol. The van der Waals surface area contributed by atoms with Crippen LogP contribution < -0.4 is 5.32 Å². The summed E-state index contributed by atoms with van der Waals surface area (Å²) in [6.07, 6.45) is -1.19. The molecule has 0 saturated heterocycles. The molecular weight excluding hydrogens is 308 g/mol. The van der Waals surface area contributed by atoms with Crippen molar-refractivity contribution in [3.63, 3.8) is 0 Å². The maximum atomic E-state index is 13.5. The molecule has 23 heavy (non-hydrogen) atoms. The van der Waals surface area contributed by atoms with E-state index in [0.29, 0.717) is 11.5 Å². The van der Waals surface area contributed by atoms with Gasteiger partial charge in [0.2, 0.25) is 0 Å². The van der Waals surface area contributed by atoms with Crippen LogP contribution in [0.3, 0.4) is 0 Å². The Kier molecular flexibility index (Phi) is 4.78. The zero-order valence-electron chi connectivity index (χ0n) is 12.8. The van der Waals surface area contributed by atoms with Gasteiger partial charge in [0.1, 0.15) is 28.7 Å². The Morgan fingerprint density at radius 2 is 1.91 bits per heavy atom. The van der Waals surface area contributed by atoms with Crippen molar-refractivity contribution in [3.8, 4) is 0 Å². The van der Waals surface area contributed by atoms with Gasteiger partial charge in [-0.1, -0.05) is 0 Å². The first-order valence-corrected chi connectivity index (χ1v) is 6.82. The molecular formula is C16H15F2NO4. The van der Waals surface area contributed by atoms with E-state index in [1.165, 1.54) is 13.0 Å². The van der Waals surface area contributed by atoms with Crippen molar-refractivity contribution in [2.24, 2.45) is 0 Å². The zero-order valence-corrected chi connectivity index (χ0v) is 12.8. The monoisotopic (exact) mass is 323 g/mol. The maximum Gasteiger partial charge on any atom is 0.342 e. The van der Waals surface area contributed by atoms with Crippen molar-refractivity contribution in [3.05, 3.63) is 53.0 Å². The molecule has 2 rings (SSSR count). The van der Waals surface area contributed by atoms with Crippen molar-refractivity contribution in [1.29, 1.82) is 0 Å². The lowest BCUT2D eigenvalue weighted by Crippen LogP contribution is -2.30. The topological polar surface area (TPSA) is 68.5 Å². The van der Waals surface area contributed by atoms with Crippen LogP contribution in [0.15, 0.2) is 28.7 Å². The van der Waals surface area contributed by atoms with Crippen LogP contribution in [0.5, 0.6) is 0 Å². The third kappa shape index (κ3) is 3.94. The molecule has 0 aliphatic carbocycles. The van der Waals surface area contributed by atoms with Gasteiger partial charge in [-0.05, 0) is 39.0 Å². The summed E-state index contributed by atoms with van der Waals surface area (Å²) in [6, 6.07) is 4.15. The number of furan rings is 1. The number of hydrogen-bond acceptors (Lipinski definition) is 4. The molecule has 0 spiro atoms. The highest BCUT2D eigenvalue weighted by Crippen LogP contribution is 2.18. The summed E-state index contributed by atoms with van der Waals surface area (Å²) in [7, 11) is 0. The van der Waals surface area contributed by atoms with Gasteiger partial charge in [0.05, 0.1) is 5.69 Å². The Balaban J connectivity index is 2.04. The van der Waals surface area contributed by atoms with Crippen LogP contribution in [-0.4, -0.2) is 18.0 Å². The van der Waals surface area contributed by atoms with E-state index in [9.17, 15) is 18.4 Å². The van der Waals surface area contributed by atoms with E-state index in [1.807, 2.05) is 0 Å². The SMILES string of the molecule is Cc1cc(C(=O)OC(C)C(=O)Nc2cc(F)ccc2F)c(C)o1. The molecule has 0 bridgehead atoms. The van der Waals surface area contributed by atoms with Crippen molar-refractivity contribution in [2.45, 2.75) is 26.9 Å². The molecule has 1 atom stereocenters. The molecule has 1 heterocycles.